The molecule has 4 aromatic carbocycles. The van der Waals surface area contributed by atoms with Gasteiger partial charge in [-0.3, -0.25) is 19.0 Å². The van der Waals surface area contributed by atoms with Crippen molar-refractivity contribution in [2.45, 2.75) is 25.4 Å². The van der Waals surface area contributed by atoms with Crippen LogP contribution in [-0.4, -0.2) is 35.7 Å². The smallest absolute Gasteiger partial charge is 0.304 e. The highest BCUT2D eigenvalue weighted by Crippen LogP contribution is 2.35. The minimum absolute atomic E-state index is 0.0927. The van der Waals surface area contributed by atoms with E-state index in [0.717, 1.165) is 35.8 Å². The molecule has 8 rings (SSSR count). The van der Waals surface area contributed by atoms with Gasteiger partial charge in [-0.05, 0) is 94.3 Å². The average Bonchev–Trinajstić information content (AvgIpc) is 3.98. The maximum absolute atomic E-state index is 13.5. The van der Waals surface area contributed by atoms with E-state index in [1.165, 1.54) is 35.6 Å². The summed E-state index contributed by atoms with van der Waals surface area (Å²) in [5.41, 5.74) is 1.81. The number of hydrogen-bond acceptors (Lipinski definition) is 7. The molecule has 8 aromatic rings. The monoisotopic (exact) mass is 835 g/mol. The Labute approximate surface area is 331 Å². The van der Waals surface area contributed by atoms with Gasteiger partial charge in [-0.1, -0.05) is 54.1 Å². The Balaban J connectivity index is 1.06. The fourth-order valence-corrected chi connectivity index (χ4v) is 7.79. The number of benzene rings is 4. The number of rotatable bonds is 9. The first kappa shape index (κ1) is 37.9. The summed E-state index contributed by atoms with van der Waals surface area (Å²) in [6, 6.07) is 25.1. The Morgan fingerprint density at radius 2 is 1.23 bits per heavy atom. The summed E-state index contributed by atoms with van der Waals surface area (Å²) in [5.74, 6) is -0.621. The molecule has 2 N–H and O–H groups in total. The van der Waals surface area contributed by atoms with E-state index in [-0.39, 0.29) is 40.3 Å². The van der Waals surface area contributed by atoms with Crippen LogP contribution in [0.25, 0.3) is 32.2 Å². The second kappa shape index (κ2) is 14.8. The Bertz CT molecular complexity index is 2790. The molecule has 0 saturated heterocycles. The Kier molecular flexibility index (Phi) is 9.83. The number of hydrogen-bond donors (Lipinski definition) is 2. The number of fused-ring (bicyclic) bond motifs is 2. The first-order valence-electron chi connectivity index (χ1n) is 16.8. The van der Waals surface area contributed by atoms with Crippen LogP contribution in [0.3, 0.4) is 0 Å². The summed E-state index contributed by atoms with van der Waals surface area (Å²) in [7, 11) is 0. The number of amides is 2. The van der Waals surface area contributed by atoms with Crippen molar-refractivity contribution >= 4 is 79.7 Å². The second-order valence-corrected chi connectivity index (χ2v) is 15.1. The third-order valence-electron chi connectivity index (χ3n) is 8.99. The lowest BCUT2D eigenvalue weighted by atomic mass is 10.1. The van der Waals surface area contributed by atoms with Crippen LogP contribution < -0.4 is 10.6 Å². The molecular formula is C39H24ClF6N7O2S2. The zero-order valence-electron chi connectivity index (χ0n) is 28.8. The van der Waals surface area contributed by atoms with E-state index in [1.807, 2.05) is 0 Å². The van der Waals surface area contributed by atoms with Gasteiger partial charge in [0.1, 0.15) is 10.0 Å². The molecule has 288 valence electrons. The van der Waals surface area contributed by atoms with Crippen molar-refractivity contribution in [2.24, 2.45) is 0 Å². The van der Waals surface area contributed by atoms with Gasteiger partial charge in [0.15, 0.2) is 11.6 Å². The summed E-state index contributed by atoms with van der Waals surface area (Å²) in [6.07, 6.45) is -8.94. The molecule has 57 heavy (non-hydrogen) atoms. The van der Waals surface area contributed by atoms with Gasteiger partial charge in [-0.25, -0.2) is 0 Å². The van der Waals surface area contributed by atoms with Crippen LogP contribution in [0.5, 0.6) is 0 Å². The maximum atomic E-state index is 13.5. The lowest BCUT2D eigenvalue weighted by Crippen LogP contribution is -2.13. The molecule has 0 saturated carbocycles. The van der Waals surface area contributed by atoms with Crippen LogP contribution >= 0.6 is 34.5 Å². The zero-order chi connectivity index (χ0) is 40.1. The van der Waals surface area contributed by atoms with E-state index in [9.17, 15) is 35.9 Å². The molecule has 18 heteroatoms. The number of carbonyl (C=O) groups is 2. The van der Waals surface area contributed by atoms with E-state index in [4.69, 9.17) is 11.6 Å². The van der Waals surface area contributed by atoms with Crippen molar-refractivity contribution < 1.29 is 35.9 Å². The Morgan fingerprint density at radius 3 is 1.81 bits per heavy atom. The number of anilines is 2. The topological polar surface area (TPSA) is 107 Å². The third kappa shape index (κ3) is 7.85. The maximum Gasteiger partial charge on any atom is 0.416 e. The molecule has 9 nitrogen and oxygen atoms in total. The van der Waals surface area contributed by atoms with E-state index in [1.54, 1.807) is 69.3 Å². The van der Waals surface area contributed by atoms with Gasteiger partial charge in [0.25, 0.3) is 11.8 Å². The van der Waals surface area contributed by atoms with E-state index < -0.39 is 35.3 Å². The van der Waals surface area contributed by atoms with Crippen molar-refractivity contribution in [3.63, 3.8) is 0 Å². The molecule has 0 aliphatic heterocycles. The minimum Gasteiger partial charge on any atom is -0.304 e. The van der Waals surface area contributed by atoms with Gasteiger partial charge in [-0.15, -0.1) is 11.3 Å². The summed E-state index contributed by atoms with van der Waals surface area (Å²) in [5, 5.41) is 17.6. The van der Waals surface area contributed by atoms with Crippen molar-refractivity contribution in [2.75, 3.05) is 10.6 Å². The van der Waals surface area contributed by atoms with E-state index in [2.05, 4.69) is 25.2 Å². The number of para-hydroxylation sites is 1. The van der Waals surface area contributed by atoms with Gasteiger partial charge in [-0.2, -0.15) is 40.9 Å². The third-order valence-corrected chi connectivity index (χ3v) is 11.0. The predicted octanol–water partition coefficient (Wildman–Crippen LogP) is 10.9. The standard InChI is InChI=1S/C39H24ClF6N7O2S2/c40-33-27(15-16-56-33)36(54)47-35-28-17-23(9-14-31(28)53(50-35)20-22-7-12-25(13-8-22)39(44,45)46)32-18-29(51-57-32)37(55)48-34-26-3-1-2-4-30(26)52(49-34)19-21-5-10-24(11-6-21)38(41,42)43/h1-18H,19-20H2,(H,47,50,54)(H,48,49,55). The molecule has 0 unspecified atom stereocenters. The number of halogens is 7. The molecule has 0 aliphatic rings. The average molecular weight is 836 g/mol. The van der Waals surface area contributed by atoms with Crippen LogP contribution in [0.4, 0.5) is 38.0 Å². The Morgan fingerprint density at radius 1 is 0.667 bits per heavy atom. The van der Waals surface area contributed by atoms with Crippen molar-refractivity contribution in [1.29, 1.82) is 0 Å². The number of alkyl halides is 6. The fourth-order valence-electron chi connectivity index (χ4n) is 6.15. The summed E-state index contributed by atoms with van der Waals surface area (Å²) in [4.78, 5) is 27.3. The molecular weight excluding hydrogens is 812 g/mol. The minimum atomic E-state index is -4.48. The van der Waals surface area contributed by atoms with Gasteiger partial charge in [0.2, 0.25) is 0 Å². The van der Waals surface area contributed by atoms with E-state index in [0.29, 0.717) is 43.4 Å². The molecule has 2 amide bonds. The SMILES string of the molecule is O=C(Nc1nn(Cc2ccc(C(F)(F)F)cc2)c2ccccc12)c1cc(-c2ccc3c(c2)c(NC(=O)c2ccsc2Cl)nn3Cc2ccc(C(F)(F)F)cc2)sn1. The summed E-state index contributed by atoms with van der Waals surface area (Å²) >= 11 is 8.46. The predicted molar refractivity (Wildman–Crippen MR) is 207 cm³/mol. The number of thiophene rings is 1. The molecule has 0 fully saturated rings. The van der Waals surface area contributed by atoms with Gasteiger partial charge in [0, 0.05) is 10.8 Å². The second-order valence-electron chi connectivity index (χ2n) is 12.7. The lowest BCUT2D eigenvalue weighted by molar-refractivity contribution is -0.138. The molecule has 0 bridgehead atoms. The van der Waals surface area contributed by atoms with E-state index >= 15 is 0 Å². The van der Waals surface area contributed by atoms with Crippen molar-refractivity contribution in [3.8, 4) is 10.4 Å². The largest absolute Gasteiger partial charge is 0.416 e. The normalized spacial score (nSPS) is 12.1. The van der Waals surface area contributed by atoms with Gasteiger partial charge < -0.3 is 10.6 Å². The highest BCUT2D eigenvalue weighted by Gasteiger charge is 2.31. The van der Waals surface area contributed by atoms with Crippen LogP contribution in [-0.2, 0) is 25.4 Å². The number of nitrogens with one attached hydrogen (secondary N) is 2. The van der Waals surface area contributed by atoms with Crippen LogP contribution in [0, 0.1) is 0 Å². The van der Waals surface area contributed by atoms with Crippen molar-refractivity contribution in [1.82, 2.24) is 23.9 Å². The molecule has 0 spiro atoms. The first-order valence-corrected chi connectivity index (χ1v) is 18.9. The first-order chi connectivity index (χ1) is 27.2. The van der Waals surface area contributed by atoms with Crippen molar-refractivity contribution in [3.05, 3.63) is 146 Å². The Hall–Kier alpha value is -6.04. The molecule has 4 aromatic heterocycles. The zero-order valence-corrected chi connectivity index (χ0v) is 31.2. The molecule has 0 aliphatic carbocycles. The molecule has 0 atom stereocenters. The van der Waals surface area contributed by atoms with Crippen LogP contribution in [0.15, 0.2) is 109 Å². The number of nitrogens with zero attached hydrogens (tertiary/aromatic N) is 5. The summed E-state index contributed by atoms with van der Waals surface area (Å²) in [6.45, 7) is 0.254. The van der Waals surface area contributed by atoms with Crippen LogP contribution in [0.1, 0.15) is 43.1 Å². The summed E-state index contributed by atoms with van der Waals surface area (Å²) < 4.78 is 86.6. The number of aromatic nitrogens is 5. The van der Waals surface area contributed by atoms with Gasteiger partial charge in [0.05, 0.1) is 45.7 Å². The van der Waals surface area contributed by atoms with Gasteiger partial charge >= 0.3 is 12.4 Å². The fraction of sp³-hybridized carbons (Fsp3) is 0.103. The highest BCUT2D eigenvalue weighted by atomic mass is 35.5. The highest BCUT2D eigenvalue weighted by molar-refractivity contribution is 7.14. The molecule has 0 radical (unpaired) electrons. The van der Waals surface area contributed by atoms with Crippen LogP contribution in [0.2, 0.25) is 4.34 Å². The number of carbonyl (C=O) groups excluding carboxylic acids is 2. The molecule has 4 heterocycles. The lowest BCUT2D eigenvalue weighted by Gasteiger charge is -2.08. The quantitative estimate of drug-likeness (QED) is 0.141.